The number of halogens is 5. The molecule has 0 bridgehead atoms. The Bertz CT molecular complexity index is 641. The quantitative estimate of drug-likeness (QED) is 0.669. The molecule has 2 rings (SSSR count). The van der Waals surface area contributed by atoms with Gasteiger partial charge in [0.05, 0.1) is 5.69 Å². The van der Waals surface area contributed by atoms with Crippen LogP contribution < -0.4 is 15.2 Å². The maximum Gasteiger partial charge on any atom is 0.573 e. The van der Waals surface area contributed by atoms with Gasteiger partial charge in [-0.15, -0.1) is 13.2 Å². The van der Waals surface area contributed by atoms with Gasteiger partial charge in [0.25, 0.3) is 0 Å². The highest BCUT2D eigenvalue weighted by molar-refractivity contribution is 5.70. The fourth-order valence-electron chi connectivity index (χ4n) is 1.76. The topological polar surface area (TPSA) is 44.5 Å². The number of hydrogen-bond donors (Lipinski definition) is 1. The number of rotatable bonds is 4. The number of nitrogens with two attached hydrogens (primary N) is 1. The van der Waals surface area contributed by atoms with Crippen molar-refractivity contribution in [3.8, 4) is 22.6 Å². The van der Waals surface area contributed by atoms with Crippen LogP contribution in [-0.4, -0.2) is 13.0 Å². The summed E-state index contributed by atoms with van der Waals surface area (Å²) in [5.74, 6) is -0.584. The number of ether oxygens (including phenoxy) is 2. The van der Waals surface area contributed by atoms with Gasteiger partial charge in [0, 0.05) is 0 Å². The fourth-order valence-corrected chi connectivity index (χ4v) is 1.76. The molecule has 0 saturated heterocycles. The SMILES string of the molecule is Nc1ccc(-c2ccc(OC(F)(F)F)cc2)cc1OC(F)F. The van der Waals surface area contributed by atoms with E-state index in [2.05, 4.69) is 9.47 Å². The van der Waals surface area contributed by atoms with Crippen molar-refractivity contribution in [2.45, 2.75) is 13.0 Å². The Morgan fingerprint density at radius 2 is 1.50 bits per heavy atom. The summed E-state index contributed by atoms with van der Waals surface area (Å²) >= 11 is 0. The molecule has 0 radical (unpaired) electrons. The number of benzene rings is 2. The van der Waals surface area contributed by atoms with Crippen molar-refractivity contribution < 1.29 is 31.4 Å². The van der Waals surface area contributed by atoms with Crippen LogP contribution in [0.25, 0.3) is 11.1 Å². The predicted octanol–water partition coefficient (Wildman–Crippen LogP) is 4.44. The number of alkyl halides is 5. The van der Waals surface area contributed by atoms with E-state index in [1.54, 1.807) is 0 Å². The van der Waals surface area contributed by atoms with Crippen LogP contribution in [0.2, 0.25) is 0 Å². The van der Waals surface area contributed by atoms with Crippen LogP contribution in [0.15, 0.2) is 42.5 Å². The summed E-state index contributed by atoms with van der Waals surface area (Å²) in [5, 5.41) is 0. The van der Waals surface area contributed by atoms with E-state index in [0.29, 0.717) is 11.1 Å². The third kappa shape index (κ3) is 4.24. The Labute approximate surface area is 122 Å². The van der Waals surface area contributed by atoms with E-state index in [1.807, 2.05) is 0 Å². The summed E-state index contributed by atoms with van der Waals surface area (Å²) < 4.78 is 68.7. The minimum atomic E-state index is -4.78. The van der Waals surface area contributed by atoms with E-state index in [4.69, 9.17) is 5.73 Å². The van der Waals surface area contributed by atoms with Crippen molar-refractivity contribution in [1.29, 1.82) is 0 Å². The molecule has 0 fully saturated rings. The van der Waals surface area contributed by atoms with Gasteiger partial charge in [0.1, 0.15) is 11.5 Å². The van der Waals surface area contributed by atoms with Crippen LogP contribution in [0.5, 0.6) is 11.5 Å². The molecular formula is C14H10F5NO2. The molecule has 0 spiro atoms. The van der Waals surface area contributed by atoms with Gasteiger partial charge in [-0.05, 0) is 35.4 Å². The molecule has 0 amide bonds. The Morgan fingerprint density at radius 1 is 0.909 bits per heavy atom. The first kappa shape index (κ1) is 15.9. The van der Waals surface area contributed by atoms with Crippen molar-refractivity contribution in [3.05, 3.63) is 42.5 Å². The lowest BCUT2D eigenvalue weighted by Gasteiger charge is -2.11. The Kier molecular flexibility index (Phi) is 4.39. The van der Waals surface area contributed by atoms with Gasteiger partial charge < -0.3 is 15.2 Å². The molecule has 8 heteroatoms. The van der Waals surface area contributed by atoms with Crippen molar-refractivity contribution in [3.63, 3.8) is 0 Å². The Hall–Kier alpha value is -2.51. The molecule has 2 aromatic carbocycles. The lowest BCUT2D eigenvalue weighted by Crippen LogP contribution is -2.16. The van der Waals surface area contributed by atoms with Crippen molar-refractivity contribution in [1.82, 2.24) is 0 Å². The molecule has 118 valence electrons. The van der Waals surface area contributed by atoms with Crippen molar-refractivity contribution in [2.75, 3.05) is 5.73 Å². The fraction of sp³-hybridized carbons (Fsp3) is 0.143. The second-order valence-corrected chi connectivity index (χ2v) is 4.20. The summed E-state index contributed by atoms with van der Waals surface area (Å²) in [6.07, 6.45) is -4.78. The molecule has 0 saturated carbocycles. The van der Waals surface area contributed by atoms with Gasteiger partial charge in [-0.3, -0.25) is 0 Å². The van der Waals surface area contributed by atoms with Crippen LogP contribution in [0.1, 0.15) is 0 Å². The standard InChI is InChI=1S/C14H10F5NO2/c15-13(16)21-12-7-9(3-6-11(12)20)8-1-4-10(5-2-8)22-14(17,18)19/h1-7,13H,20H2. The van der Waals surface area contributed by atoms with Gasteiger partial charge in [-0.2, -0.15) is 8.78 Å². The third-order valence-electron chi connectivity index (χ3n) is 2.65. The lowest BCUT2D eigenvalue weighted by molar-refractivity contribution is -0.274. The van der Waals surface area contributed by atoms with Gasteiger partial charge in [0.2, 0.25) is 0 Å². The Morgan fingerprint density at radius 3 is 2.05 bits per heavy atom. The largest absolute Gasteiger partial charge is 0.573 e. The highest BCUT2D eigenvalue weighted by Gasteiger charge is 2.30. The minimum Gasteiger partial charge on any atom is -0.433 e. The molecule has 0 unspecified atom stereocenters. The summed E-state index contributed by atoms with van der Waals surface area (Å²) in [5.41, 5.74) is 6.49. The average molecular weight is 319 g/mol. The molecule has 0 atom stereocenters. The molecule has 0 aliphatic heterocycles. The van der Waals surface area contributed by atoms with Gasteiger partial charge in [-0.25, -0.2) is 0 Å². The van der Waals surface area contributed by atoms with E-state index in [1.165, 1.54) is 30.3 Å². The molecule has 0 aliphatic carbocycles. The zero-order valence-corrected chi connectivity index (χ0v) is 10.9. The molecule has 0 aromatic heterocycles. The maximum absolute atomic E-state index is 12.2. The number of anilines is 1. The summed E-state index contributed by atoms with van der Waals surface area (Å²) in [6, 6.07) is 9.14. The molecule has 0 heterocycles. The zero-order chi connectivity index (χ0) is 16.3. The molecule has 2 N–H and O–H groups in total. The molecule has 3 nitrogen and oxygen atoms in total. The molecule has 0 aliphatic rings. The van der Waals surface area contributed by atoms with E-state index in [9.17, 15) is 22.0 Å². The molecule has 2 aromatic rings. The first-order valence-electron chi connectivity index (χ1n) is 5.95. The average Bonchev–Trinajstić information content (AvgIpc) is 2.40. The van der Waals surface area contributed by atoms with Crippen LogP contribution in [0, 0.1) is 0 Å². The van der Waals surface area contributed by atoms with Crippen molar-refractivity contribution >= 4 is 5.69 Å². The first-order chi connectivity index (χ1) is 10.2. The number of hydrogen-bond acceptors (Lipinski definition) is 3. The monoisotopic (exact) mass is 319 g/mol. The van der Waals surface area contributed by atoms with Crippen LogP contribution >= 0.6 is 0 Å². The molecule has 22 heavy (non-hydrogen) atoms. The Balaban J connectivity index is 2.25. The van der Waals surface area contributed by atoms with Crippen LogP contribution in [-0.2, 0) is 0 Å². The van der Waals surface area contributed by atoms with Crippen LogP contribution in [0.3, 0.4) is 0 Å². The third-order valence-corrected chi connectivity index (χ3v) is 2.65. The normalized spacial score (nSPS) is 11.5. The minimum absolute atomic E-state index is 0.0288. The molecular weight excluding hydrogens is 309 g/mol. The van der Waals surface area contributed by atoms with E-state index in [0.717, 1.165) is 12.1 Å². The smallest absolute Gasteiger partial charge is 0.433 e. The van der Waals surface area contributed by atoms with Gasteiger partial charge in [0.15, 0.2) is 0 Å². The maximum atomic E-state index is 12.2. The summed E-state index contributed by atoms with van der Waals surface area (Å²) in [7, 11) is 0. The predicted molar refractivity (Wildman–Crippen MR) is 69.6 cm³/mol. The van der Waals surface area contributed by atoms with E-state index < -0.39 is 13.0 Å². The van der Waals surface area contributed by atoms with E-state index >= 15 is 0 Å². The lowest BCUT2D eigenvalue weighted by atomic mass is 10.0. The highest BCUT2D eigenvalue weighted by Crippen LogP contribution is 2.31. The first-order valence-corrected chi connectivity index (χ1v) is 5.95. The summed E-state index contributed by atoms with van der Waals surface area (Å²) in [6.45, 7) is -3.03. The second kappa shape index (κ2) is 6.08. The summed E-state index contributed by atoms with van der Waals surface area (Å²) in [4.78, 5) is 0. The van der Waals surface area contributed by atoms with Gasteiger partial charge >= 0.3 is 13.0 Å². The highest BCUT2D eigenvalue weighted by atomic mass is 19.4. The second-order valence-electron chi connectivity index (χ2n) is 4.20. The zero-order valence-electron chi connectivity index (χ0n) is 10.9. The van der Waals surface area contributed by atoms with Crippen molar-refractivity contribution in [2.24, 2.45) is 0 Å². The van der Waals surface area contributed by atoms with Gasteiger partial charge in [-0.1, -0.05) is 18.2 Å². The number of nitrogen functional groups attached to an aromatic ring is 1. The van der Waals surface area contributed by atoms with E-state index in [-0.39, 0.29) is 17.2 Å². The van der Waals surface area contributed by atoms with Crippen LogP contribution in [0.4, 0.5) is 27.6 Å².